The summed E-state index contributed by atoms with van der Waals surface area (Å²) in [4.78, 5) is 14.4. The largest absolute Gasteiger partial charge is 0.497 e. The Morgan fingerprint density at radius 1 is 1.35 bits per heavy atom. The number of hydrogen-bond donors (Lipinski definition) is 2. The molecule has 2 unspecified atom stereocenters. The van der Waals surface area contributed by atoms with Crippen LogP contribution in [0.1, 0.15) is 19.3 Å². The molecule has 0 bridgehead atoms. The third-order valence-corrected chi connectivity index (χ3v) is 4.33. The van der Waals surface area contributed by atoms with E-state index in [4.69, 9.17) is 4.74 Å². The molecule has 130 valence electrons. The predicted octanol–water partition coefficient (Wildman–Crippen LogP) is 1.99. The third kappa shape index (κ3) is 4.90. The maximum Gasteiger partial charge on any atom is 0.237 e. The molecule has 2 aliphatic rings. The van der Waals surface area contributed by atoms with E-state index in [0.29, 0.717) is 0 Å². The highest BCUT2D eigenvalue weighted by Gasteiger charge is 2.28. The third-order valence-electron chi connectivity index (χ3n) is 4.33. The first-order valence-corrected chi connectivity index (χ1v) is 7.69. The summed E-state index contributed by atoms with van der Waals surface area (Å²) < 4.78 is 5.27. The van der Waals surface area contributed by atoms with Crippen LogP contribution in [0.25, 0.3) is 0 Å². The maximum absolute atomic E-state index is 12.1. The molecule has 1 aromatic rings. The molecule has 0 saturated carbocycles. The molecule has 2 fully saturated rings. The average molecular weight is 362 g/mol. The summed E-state index contributed by atoms with van der Waals surface area (Å²) in [5, 5.41) is 6.42. The Morgan fingerprint density at radius 2 is 2.17 bits per heavy atom. The molecule has 0 aromatic heterocycles. The number of halogens is 2. The number of ether oxygens (including phenoxy) is 1. The summed E-state index contributed by atoms with van der Waals surface area (Å²) in [7, 11) is 1.68. The van der Waals surface area contributed by atoms with Gasteiger partial charge in [0.15, 0.2) is 0 Å². The lowest BCUT2D eigenvalue weighted by Crippen LogP contribution is -2.46. The fourth-order valence-corrected chi connectivity index (χ4v) is 3.13. The zero-order valence-corrected chi connectivity index (χ0v) is 14.9. The van der Waals surface area contributed by atoms with Gasteiger partial charge < -0.3 is 20.3 Å². The molecular formula is C16H25Cl2N3O2. The molecule has 5 nitrogen and oxygen atoms in total. The zero-order valence-electron chi connectivity index (χ0n) is 13.3. The predicted molar refractivity (Wildman–Crippen MR) is 97.3 cm³/mol. The summed E-state index contributed by atoms with van der Waals surface area (Å²) in [5.74, 6) is 1.03. The molecule has 23 heavy (non-hydrogen) atoms. The van der Waals surface area contributed by atoms with Gasteiger partial charge in [0.05, 0.1) is 13.2 Å². The Balaban J connectivity index is 0.00000132. The van der Waals surface area contributed by atoms with Crippen LogP contribution in [0.3, 0.4) is 0 Å². The molecule has 0 aliphatic carbocycles. The Hall–Kier alpha value is -1.17. The number of anilines is 1. The van der Waals surface area contributed by atoms with Crippen molar-refractivity contribution in [1.82, 2.24) is 10.6 Å². The smallest absolute Gasteiger partial charge is 0.237 e. The normalized spacial score (nSPS) is 22.9. The lowest BCUT2D eigenvalue weighted by atomic mass is 10.2. The van der Waals surface area contributed by atoms with Crippen LogP contribution in [0.4, 0.5) is 5.69 Å². The second-order valence-electron chi connectivity index (χ2n) is 5.79. The molecule has 1 aromatic carbocycles. The molecule has 3 rings (SSSR count). The molecule has 2 heterocycles. The number of nitrogens with zero attached hydrogens (tertiary/aromatic N) is 1. The van der Waals surface area contributed by atoms with E-state index in [0.717, 1.165) is 50.3 Å². The van der Waals surface area contributed by atoms with Crippen molar-refractivity contribution in [3.63, 3.8) is 0 Å². The second-order valence-corrected chi connectivity index (χ2v) is 5.79. The standard InChI is InChI=1S/C16H23N3O2.2ClH/c1-21-14-5-2-4-13(10-14)19-9-7-12(11-19)18-16(20)15-6-3-8-17-15;;/h2,4-5,10,12,15,17H,3,6-9,11H2,1H3,(H,18,20);2*1H. The molecule has 2 N–H and O–H groups in total. The van der Waals surface area contributed by atoms with Gasteiger partial charge in [0.1, 0.15) is 5.75 Å². The van der Waals surface area contributed by atoms with Gasteiger partial charge in [-0.3, -0.25) is 4.79 Å². The van der Waals surface area contributed by atoms with Gasteiger partial charge in [-0.15, -0.1) is 24.8 Å². The van der Waals surface area contributed by atoms with E-state index < -0.39 is 0 Å². The first-order valence-electron chi connectivity index (χ1n) is 7.69. The van der Waals surface area contributed by atoms with E-state index >= 15 is 0 Å². The Bertz CT molecular complexity index is 510. The lowest BCUT2D eigenvalue weighted by molar-refractivity contribution is -0.123. The highest BCUT2D eigenvalue weighted by molar-refractivity contribution is 5.85. The molecule has 2 saturated heterocycles. The van der Waals surface area contributed by atoms with Crippen LogP contribution in [-0.4, -0.2) is 44.7 Å². The number of hydrogen-bond acceptors (Lipinski definition) is 4. The minimum atomic E-state index is 0. The van der Waals surface area contributed by atoms with Gasteiger partial charge >= 0.3 is 0 Å². The van der Waals surface area contributed by atoms with E-state index in [1.165, 1.54) is 0 Å². The fourth-order valence-electron chi connectivity index (χ4n) is 3.13. The quantitative estimate of drug-likeness (QED) is 0.860. The number of nitrogens with one attached hydrogen (secondary N) is 2. The summed E-state index contributed by atoms with van der Waals surface area (Å²) in [6.45, 7) is 2.79. The summed E-state index contributed by atoms with van der Waals surface area (Å²) >= 11 is 0. The zero-order chi connectivity index (χ0) is 14.7. The number of carbonyl (C=O) groups excluding carboxylic acids is 1. The highest BCUT2D eigenvalue weighted by atomic mass is 35.5. The average Bonchev–Trinajstić information content (AvgIpc) is 3.18. The van der Waals surface area contributed by atoms with Crippen LogP contribution in [-0.2, 0) is 4.79 Å². The molecule has 2 atom stereocenters. The van der Waals surface area contributed by atoms with Crippen LogP contribution in [0.2, 0.25) is 0 Å². The van der Waals surface area contributed by atoms with Gasteiger partial charge in [0, 0.05) is 30.9 Å². The summed E-state index contributed by atoms with van der Waals surface area (Å²) in [5.41, 5.74) is 1.16. The molecule has 0 radical (unpaired) electrons. The van der Waals surface area contributed by atoms with E-state index in [1.807, 2.05) is 18.2 Å². The van der Waals surface area contributed by atoms with Crippen LogP contribution >= 0.6 is 24.8 Å². The van der Waals surface area contributed by atoms with Crippen molar-refractivity contribution >= 4 is 36.4 Å². The van der Waals surface area contributed by atoms with E-state index in [2.05, 4.69) is 21.6 Å². The van der Waals surface area contributed by atoms with Crippen LogP contribution < -0.4 is 20.3 Å². The second kappa shape index (κ2) is 9.21. The van der Waals surface area contributed by atoms with Crippen LogP contribution in [0.5, 0.6) is 5.75 Å². The van der Waals surface area contributed by atoms with Crippen molar-refractivity contribution in [2.45, 2.75) is 31.3 Å². The number of rotatable bonds is 4. The summed E-state index contributed by atoms with van der Waals surface area (Å²) in [6, 6.07) is 8.34. The van der Waals surface area contributed by atoms with E-state index in [-0.39, 0.29) is 42.8 Å². The van der Waals surface area contributed by atoms with Gasteiger partial charge in [-0.25, -0.2) is 0 Å². The van der Waals surface area contributed by atoms with Gasteiger partial charge in [-0.1, -0.05) is 6.07 Å². The van der Waals surface area contributed by atoms with Crippen molar-refractivity contribution < 1.29 is 9.53 Å². The molecule has 2 aliphatic heterocycles. The van der Waals surface area contributed by atoms with Crippen molar-refractivity contribution in [2.75, 3.05) is 31.6 Å². The molecule has 1 amide bonds. The molecular weight excluding hydrogens is 337 g/mol. The van der Waals surface area contributed by atoms with Crippen molar-refractivity contribution in [2.24, 2.45) is 0 Å². The number of carbonyl (C=O) groups is 1. The van der Waals surface area contributed by atoms with Gasteiger partial charge in [0.2, 0.25) is 5.91 Å². The number of methoxy groups -OCH3 is 1. The lowest BCUT2D eigenvalue weighted by Gasteiger charge is -2.20. The Morgan fingerprint density at radius 3 is 2.87 bits per heavy atom. The minimum Gasteiger partial charge on any atom is -0.497 e. The first-order chi connectivity index (χ1) is 10.3. The van der Waals surface area contributed by atoms with Gasteiger partial charge in [-0.2, -0.15) is 0 Å². The molecule has 0 spiro atoms. The number of amides is 1. The SMILES string of the molecule is COc1cccc(N2CCC(NC(=O)C3CCCN3)C2)c1.Cl.Cl. The van der Waals surface area contributed by atoms with Crippen molar-refractivity contribution in [3.05, 3.63) is 24.3 Å². The van der Waals surface area contributed by atoms with Crippen molar-refractivity contribution in [3.8, 4) is 5.75 Å². The van der Waals surface area contributed by atoms with E-state index in [9.17, 15) is 4.79 Å². The number of benzene rings is 1. The maximum atomic E-state index is 12.1. The van der Waals surface area contributed by atoms with Gasteiger partial charge in [0.25, 0.3) is 0 Å². The van der Waals surface area contributed by atoms with E-state index in [1.54, 1.807) is 7.11 Å². The Kier molecular flexibility index (Phi) is 7.95. The fraction of sp³-hybridized carbons (Fsp3) is 0.562. The van der Waals surface area contributed by atoms with Crippen LogP contribution in [0, 0.1) is 0 Å². The highest BCUT2D eigenvalue weighted by Crippen LogP contribution is 2.24. The van der Waals surface area contributed by atoms with Gasteiger partial charge in [-0.05, 0) is 37.9 Å². The monoisotopic (exact) mass is 361 g/mol. The Labute approximate surface area is 150 Å². The first kappa shape index (κ1) is 19.9. The summed E-state index contributed by atoms with van der Waals surface area (Å²) in [6.07, 6.45) is 3.05. The molecule has 7 heteroatoms. The minimum absolute atomic E-state index is 0. The topological polar surface area (TPSA) is 53.6 Å². The van der Waals surface area contributed by atoms with Crippen molar-refractivity contribution in [1.29, 1.82) is 0 Å². The van der Waals surface area contributed by atoms with Crippen LogP contribution in [0.15, 0.2) is 24.3 Å².